The second kappa shape index (κ2) is 3.96. The van der Waals surface area contributed by atoms with Crippen molar-refractivity contribution in [3.05, 3.63) is 28.2 Å². The second-order valence-electron chi connectivity index (χ2n) is 4.04. The molecule has 1 unspecified atom stereocenters. The summed E-state index contributed by atoms with van der Waals surface area (Å²) in [7, 11) is -3.21. The zero-order valence-corrected chi connectivity index (χ0v) is 11.1. The van der Waals surface area contributed by atoms with E-state index in [1.807, 2.05) is 6.07 Å². The van der Waals surface area contributed by atoms with Crippen LogP contribution in [0.1, 0.15) is 24.8 Å². The summed E-state index contributed by atoms with van der Waals surface area (Å²) in [4.78, 5) is 11.5. The molecule has 0 aliphatic carbocycles. The van der Waals surface area contributed by atoms with Crippen molar-refractivity contribution in [2.75, 3.05) is 5.75 Å². The molecule has 1 atom stereocenters. The van der Waals surface area contributed by atoms with E-state index < -0.39 is 9.84 Å². The number of Topliss-reactive ketones (excluding diaryl/α,β-unsaturated/α-hetero) is 1. The van der Waals surface area contributed by atoms with Crippen LogP contribution in [0.15, 0.2) is 27.6 Å². The Kier molecular flexibility index (Phi) is 2.92. The summed E-state index contributed by atoms with van der Waals surface area (Å²) in [6, 6.07) is 5.12. The molecule has 1 aliphatic heterocycles. The summed E-state index contributed by atoms with van der Waals surface area (Å²) in [5.41, 5.74) is 0.762. The van der Waals surface area contributed by atoms with Gasteiger partial charge in [0.1, 0.15) is 5.78 Å². The first-order valence-electron chi connectivity index (χ1n) is 4.92. The lowest BCUT2D eigenvalue weighted by Crippen LogP contribution is -2.07. The lowest BCUT2D eigenvalue weighted by atomic mass is 9.96. The maximum atomic E-state index is 11.9. The van der Waals surface area contributed by atoms with E-state index in [0.717, 1.165) is 10.0 Å². The van der Waals surface area contributed by atoms with E-state index in [4.69, 9.17) is 0 Å². The van der Waals surface area contributed by atoms with Crippen LogP contribution >= 0.6 is 15.9 Å². The number of hydrogen-bond acceptors (Lipinski definition) is 3. The normalized spacial score (nSPS) is 21.8. The Morgan fingerprint density at radius 1 is 1.50 bits per heavy atom. The molecule has 0 aromatic heterocycles. The van der Waals surface area contributed by atoms with Crippen molar-refractivity contribution in [1.82, 2.24) is 0 Å². The maximum Gasteiger partial charge on any atom is 0.179 e. The molecule has 5 heteroatoms. The fourth-order valence-corrected chi connectivity index (χ4v) is 4.84. The van der Waals surface area contributed by atoms with Crippen molar-refractivity contribution >= 4 is 31.6 Å². The van der Waals surface area contributed by atoms with Gasteiger partial charge in [-0.05, 0) is 24.6 Å². The molecule has 0 saturated carbocycles. The van der Waals surface area contributed by atoms with Gasteiger partial charge in [0.15, 0.2) is 9.84 Å². The van der Waals surface area contributed by atoms with Crippen molar-refractivity contribution in [1.29, 1.82) is 0 Å². The van der Waals surface area contributed by atoms with Gasteiger partial charge in [0, 0.05) is 16.8 Å². The summed E-state index contributed by atoms with van der Waals surface area (Å²) >= 11 is 3.35. The molecule has 1 aromatic rings. The van der Waals surface area contributed by atoms with Crippen molar-refractivity contribution < 1.29 is 13.2 Å². The molecule has 1 aliphatic rings. The smallest absolute Gasteiger partial charge is 0.179 e. The van der Waals surface area contributed by atoms with E-state index in [1.165, 1.54) is 6.92 Å². The minimum Gasteiger partial charge on any atom is -0.300 e. The largest absolute Gasteiger partial charge is 0.300 e. The topological polar surface area (TPSA) is 51.2 Å². The molecule has 86 valence electrons. The van der Waals surface area contributed by atoms with Crippen LogP contribution in [0, 0.1) is 0 Å². The van der Waals surface area contributed by atoms with E-state index in [2.05, 4.69) is 15.9 Å². The highest BCUT2D eigenvalue weighted by molar-refractivity contribution is 9.10. The number of carbonyl (C=O) groups is 1. The molecule has 0 N–H and O–H groups in total. The van der Waals surface area contributed by atoms with Crippen LogP contribution in [-0.4, -0.2) is 20.0 Å². The first-order chi connectivity index (χ1) is 7.42. The van der Waals surface area contributed by atoms with Crippen molar-refractivity contribution in [3.8, 4) is 0 Å². The lowest BCUT2D eigenvalue weighted by Gasteiger charge is -2.08. The minimum atomic E-state index is -3.21. The number of sulfone groups is 1. The number of rotatable bonds is 2. The second-order valence-corrected chi connectivity index (χ2v) is 6.89. The van der Waals surface area contributed by atoms with Gasteiger partial charge in [-0.15, -0.1) is 0 Å². The molecule has 0 saturated heterocycles. The molecular formula is C11H11BrO3S. The highest BCUT2D eigenvalue weighted by Gasteiger charge is 2.36. The van der Waals surface area contributed by atoms with E-state index in [9.17, 15) is 13.2 Å². The number of ketones is 1. The summed E-state index contributed by atoms with van der Waals surface area (Å²) in [6.45, 7) is 1.49. The van der Waals surface area contributed by atoms with Crippen molar-refractivity contribution in [2.45, 2.75) is 24.2 Å². The third-order valence-electron chi connectivity index (χ3n) is 2.71. The molecule has 3 nitrogen and oxygen atoms in total. The van der Waals surface area contributed by atoms with E-state index in [0.29, 0.717) is 4.90 Å². The summed E-state index contributed by atoms with van der Waals surface area (Å²) in [6.07, 6.45) is 0.287. The van der Waals surface area contributed by atoms with Crippen LogP contribution in [0.3, 0.4) is 0 Å². The molecule has 0 amide bonds. The van der Waals surface area contributed by atoms with E-state index in [-0.39, 0.29) is 23.9 Å². The minimum absolute atomic E-state index is 0.0174. The number of hydrogen-bond donors (Lipinski definition) is 0. The van der Waals surface area contributed by atoms with Gasteiger partial charge in [0.25, 0.3) is 0 Å². The molecule has 0 spiro atoms. The number of carbonyl (C=O) groups excluding carboxylic acids is 1. The van der Waals surface area contributed by atoms with Crippen LogP contribution in [0.25, 0.3) is 0 Å². The fourth-order valence-electron chi connectivity index (χ4n) is 2.13. The lowest BCUT2D eigenvalue weighted by molar-refractivity contribution is -0.117. The zero-order chi connectivity index (χ0) is 11.9. The standard InChI is InChI=1S/C11H11BrO3S/c1-7(13)5-8-6-16(14,15)10-4-2-3-9(12)11(8)10/h2-4,8H,5-6H2,1H3. The van der Waals surface area contributed by atoms with Gasteiger partial charge >= 0.3 is 0 Å². The van der Waals surface area contributed by atoms with Crippen LogP contribution in [0.4, 0.5) is 0 Å². The zero-order valence-electron chi connectivity index (χ0n) is 8.73. The Bertz CT molecular complexity index is 548. The molecule has 1 aromatic carbocycles. The average molecular weight is 303 g/mol. The van der Waals surface area contributed by atoms with E-state index in [1.54, 1.807) is 12.1 Å². The Morgan fingerprint density at radius 3 is 2.81 bits per heavy atom. The Labute approximate surface area is 103 Å². The van der Waals surface area contributed by atoms with Gasteiger partial charge in [-0.2, -0.15) is 0 Å². The third kappa shape index (κ3) is 1.94. The predicted octanol–water partition coefficient (Wildman–Crippen LogP) is 2.30. The molecule has 2 rings (SSSR count). The van der Waals surface area contributed by atoms with Gasteiger partial charge in [0.05, 0.1) is 10.6 Å². The first kappa shape index (κ1) is 11.8. The van der Waals surface area contributed by atoms with Gasteiger partial charge in [-0.3, -0.25) is 0 Å². The molecule has 0 radical (unpaired) electrons. The quantitative estimate of drug-likeness (QED) is 0.842. The summed E-state index contributed by atoms with van der Waals surface area (Å²) in [5, 5.41) is 0. The molecule has 0 fully saturated rings. The average Bonchev–Trinajstić information content (AvgIpc) is 2.38. The Balaban J connectivity index is 2.56. The monoisotopic (exact) mass is 302 g/mol. The number of halogens is 1. The molecular weight excluding hydrogens is 292 g/mol. The Morgan fingerprint density at radius 2 is 2.19 bits per heavy atom. The molecule has 1 heterocycles. The van der Waals surface area contributed by atoms with E-state index >= 15 is 0 Å². The Hall–Kier alpha value is -0.680. The van der Waals surface area contributed by atoms with Crippen LogP contribution in [-0.2, 0) is 14.6 Å². The van der Waals surface area contributed by atoms with Crippen molar-refractivity contribution in [2.24, 2.45) is 0 Å². The highest BCUT2D eigenvalue weighted by Crippen LogP contribution is 2.41. The molecule has 0 bridgehead atoms. The SMILES string of the molecule is CC(=O)CC1CS(=O)(=O)c2cccc(Br)c21. The number of fused-ring (bicyclic) bond motifs is 1. The van der Waals surface area contributed by atoms with Crippen LogP contribution in [0.5, 0.6) is 0 Å². The number of benzene rings is 1. The third-order valence-corrected chi connectivity index (χ3v) is 5.27. The van der Waals surface area contributed by atoms with Gasteiger partial charge in [-0.25, -0.2) is 8.42 Å². The maximum absolute atomic E-state index is 11.9. The van der Waals surface area contributed by atoms with Crippen LogP contribution in [0.2, 0.25) is 0 Å². The fraction of sp³-hybridized carbons (Fsp3) is 0.364. The van der Waals surface area contributed by atoms with Crippen molar-refractivity contribution in [3.63, 3.8) is 0 Å². The predicted molar refractivity (Wildman–Crippen MR) is 64.2 cm³/mol. The van der Waals surface area contributed by atoms with Gasteiger partial charge in [-0.1, -0.05) is 22.0 Å². The first-order valence-corrected chi connectivity index (χ1v) is 7.37. The van der Waals surface area contributed by atoms with Crippen LogP contribution < -0.4 is 0 Å². The molecule has 16 heavy (non-hydrogen) atoms. The van der Waals surface area contributed by atoms with Gasteiger partial charge in [0.2, 0.25) is 0 Å². The summed E-state index contributed by atoms with van der Waals surface area (Å²) in [5.74, 6) is -0.137. The van der Waals surface area contributed by atoms with Gasteiger partial charge < -0.3 is 4.79 Å². The summed E-state index contributed by atoms with van der Waals surface area (Å²) < 4.78 is 24.5. The highest BCUT2D eigenvalue weighted by atomic mass is 79.9.